The first-order valence-corrected chi connectivity index (χ1v) is 14.3. The van der Waals surface area contributed by atoms with E-state index < -0.39 is 23.4 Å². The number of primary amides is 1. The zero-order valence-electron chi connectivity index (χ0n) is 24.7. The van der Waals surface area contributed by atoms with Gasteiger partial charge in [0.1, 0.15) is 5.84 Å². The van der Waals surface area contributed by atoms with Crippen molar-refractivity contribution in [3.63, 3.8) is 0 Å². The molecule has 42 heavy (non-hydrogen) atoms. The van der Waals surface area contributed by atoms with E-state index in [2.05, 4.69) is 0 Å². The SMILES string of the molecule is CCCN(CC(N)=O)C(=O)C1=Cc2ccc(-c3ccc(C(=O)N4CCCC4)cc3)cc2N=C(N(C(=O)O)C(C)(C)C)C1. The number of aliphatic imine (C=N–C) groups is 1. The van der Waals surface area contributed by atoms with Crippen LogP contribution in [0.5, 0.6) is 0 Å². The third kappa shape index (κ3) is 6.87. The second-order valence-electron chi connectivity index (χ2n) is 11.7. The number of nitrogens with zero attached hydrogens (tertiary/aromatic N) is 4. The third-order valence-corrected chi connectivity index (χ3v) is 7.34. The normalized spacial score (nSPS) is 14.8. The Labute approximate surface area is 246 Å². The number of carbonyl (C=O) groups excluding carboxylic acids is 3. The molecular formula is C32H39N5O5. The van der Waals surface area contributed by atoms with Crippen molar-refractivity contribution in [1.29, 1.82) is 0 Å². The summed E-state index contributed by atoms with van der Waals surface area (Å²) in [6.07, 6.45) is 3.16. The average molecular weight is 574 g/mol. The number of hydrogen-bond donors (Lipinski definition) is 2. The standard InChI is InChI=1S/C32H39N5O5/c1-5-14-36(20-27(33)38)30(40)25-17-24-13-12-23(18-26(24)34-28(19-25)37(31(41)42)32(2,3)4)21-8-10-22(11-9-21)29(39)35-15-6-7-16-35/h8-13,17-18H,5-7,14-16,19-20H2,1-4H3,(H2,33,38)(H,41,42). The van der Waals surface area contributed by atoms with E-state index in [4.69, 9.17) is 10.7 Å². The number of carbonyl (C=O) groups is 4. The maximum absolute atomic E-state index is 13.6. The molecule has 2 aliphatic heterocycles. The summed E-state index contributed by atoms with van der Waals surface area (Å²) in [7, 11) is 0. The number of benzene rings is 2. The van der Waals surface area contributed by atoms with Crippen LogP contribution >= 0.6 is 0 Å². The van der Waals surface area contributed by atoms with E-state index in [0.717, 1.165) is 37.1 Å². The molecule has 10 heteroatoms. The average Bonchev–Trinajstić information content (AvgIpc) is 3.40. The highest BCUT2D eigenvalue weighted by Crippen LogP contribution is 2.34. The van der Waals surface area contributed by atoms with Crippen molar-refractivity contribution in [3.05, 3.63) is 59.2 Å². The van der Waals surface area contributed by atoms with E-state index in [1.807, 2.05) is 54.3 Å². The monoisotopic (exact) mass is 573 g/mol. The minimum absolute atomic E-state index is 0.0296. The van der Waals surface area contributed by atoms with Crippen LogP contribution in [0.3, 0.4) is 0 Å². The van der Waals surface area contributed by atoms with Gasteiger partial charge in [0, 0.05) is 48.3 Å². The van der Waals surface area contributed by atoms with Crippen LogP contribution in [0.15, 0.2) is 53.0 Å². The smallest absolute Gasteiger partial charge is 0.413 e. The van der Waals surface area contributed by atoms with Crippen molar-refractivity contribution >= 4 is 41.4 Å². The van der Waals surface area contributed by atoms with Gasteiger partial charge in [-0.1, -0.05) is 31.2 Å². The zero-order chi connectivity index (χ0) is 30.6. The van der Waals surface area contributed by atoms with E-state index >= 15 is 0 Å². The molecule has 2 aliphatic rings. The molecule has 1 saturated heterocycles. The highest BCUT2D eigenvalue weighted by atomic mass is 16.4. The molecule has 1 fully saturated rings. The molecule has 0 bridgehead atoms. The topological polar surface area (TPSA) is 137 Å². The molecule has 2 heterocycles. The van der Waals surface area contributed by atoms with Crippen LogP contribution in [-0.2, 0) is 9.59 Å². The van der Waals surface area contributed by atoms with Crippen LogP contribution in [0.1, 0.15) is 69.3 Å². The number of rotatable bonds is 7. The number of hydrogen-bond acceptors (Lipinski definition) is 5. The summed E-state index contributed by atoms with van der Waals surface area (Å²) in [5.74, 6) is -0.785. The Morgan fingerprint density at radius 3 is 2.21 bits per heavy atom. The van der Waals surface area contributed by atoms with E-state index in [9.17, 15) is 24.3 Å². The number of nitrogens with two attached hydrogens (primary N) is 1. The lowest BCUT2D eigenvalue weighted by Crippen LogP contribution is -2.49. The van der Waals surface area contributed by atoms with Crippen LogP contribution in [0.2, 0.25) is 0 Å². The first-order chi connectivity index (χ1) is 19.9. The summed E-state index contributed by atoms with van der Waals surface area (Å²) in [4.78, 5) is 59.8. The van der Waals surface area contributed by atoms with E-state index in [-0.39, 0.29) is 24.7 Å². The lowest BCUT2D eigenvalue weighted by Gasteiger charge is -2.34. The first-order valence-electron chi connectivity index (χ1n) is 14.3. The molecule has 10 nitrogen and oxygen atoms in total. The summed E-state index contributed by atoms with van der Waals surface area (Å²) in [5, 5.41) is 10.2. The summed E-state index contributed by atoms with van der Waals surface area (Å²) in [6.45, 7) is 8.84. The summed E-state index contributed by atoms with van der Waals surface area (Å²) < 4.78 is 0. The summed E-state index contributed by atoms with van der Waals surface area (Å²) in [6, 6.07) is 13.0. The zero-order valence-corrected chi connectivity index (χ0v) is 24.7. The Morgan fingerprint density at radius 1 is 1.00 bits per heavy atom. The van der Waals surface area contributed by atoms with Crippen molar-refractivity contribution < 1.29 is 24.3 Å². The quantitative estimate of drug-likeness (QED) is 0.485. The second kappa shape index (κ2) is 12.6. The van der Waals surface area contributed by atoms with E-state index in [1.54, 1.807) is 26.8 Å². The van der Waals surface area contributed by atoms with Gasteiger partial charge < -0.3 is 20.6 Å². The molecule has 4 amide bonds. The fourth-order valence-corrected chi connectivity index (χ4v) is 5.40. The molecule has 0 aliphatic carbocycles. The number of carboxylic acid groups (broad SMARTS) is 1. The van der Waals surface area contributed by atoms with Crippen LogP contribution < -0.4 is 5.73 Å². The molecule has 0 unspecified atom stereocenters. The van der Waals surface area contributed by atoms with Gasteiger partial charge in [0.15, 0.2) is 0 Å². The predicted molar refractivity (Wildman–Crippen MR) is 162 cm³/mol. The molecule has 0 atom stereocenters. The molecule has 0 aromatic heterocycles. The number of fused-ring (bicyclic) bond motifs is 1. The molecular weight excluding hydrogens is 534 g/mol. The Bertz CT molecular complexity index is 1430. The third-order valence-electron chi connectivity index (χ3n) is 7.34. The van der Waals surface area contributed by atoms with Gasteiger partial charge in [-0.15, -0.1) is 0 Å². The molecule has 0 spiro atoms. The van der Waals surface area contributed by atoms with Gasteiger partial charge in [-0.05, 0) is 75.4 Å². The molecule has 3 N–H and O–H groups in total. The Morgan fingerprint density at radius 2 is 1.64 bits per heavy atom. The lowest BCUT2D eigenvalue weighted by atomic mass is 9.99. The fraction of sp³-hybridized carbons (Fsp3) is 0.406. The maximum atomic E-state index is 13.6. The van der Waals surface area contributed by atoms with E-state index in [0.29, 0.717) is 35.4 Å². The molecule has 222 valence electrons. The molecule has 2 aromatic carbocycles. The predicted octanol–water partition coefficient (Wildman–Crippen LogP) is 4.91. The Balaban J connectivity index is 1.76. The van der Waals surface area contributed by atoms with Crippen molar-refractivity contribution in [2.75, 3.05) is 26.2 Å². The van der Waals surface area contributed by atoms with Gasteiger partial charge in [-0.25, -0.2) is 9.79 Å². The van der Waals surface area contributed by atoms with Crippen LogP contribution in [0.25, 0.3) is 17.2 Å². The molecule has 4 rings (SSSR count). The first kappa shape index (κ1) is 30.5. The number of amidine groups is 1. The Hall–Kier alpha value is -4.47. The minimum atomic E-state index is -1.19. The second-order valence-corrected chi connectivity index (χ2v) is 11.7. The highest BCUT2D eigenvalue weighted by Gasteiger charge is 2.34. The van der Waals surface area contributed by atoms with Gasteiger partial charge in [0.2, 0.25) is 5.91 Å². The van der Waals surface area contributed by atoms with Crippen LogP contribution in [0, 0.1) is 0 Å². The highest BCUT2D eigenvalue weighted by molar-refractivity contribution is 6.09. The van der Waals surface area contributed by atoms with Crippen LogP contribution in [-0.4, -0.2) is 81.2 Å². The molecule has 2 aromatic rings. The Kier molecular flexibility index (Phi) is 9.14. The van der Waals surface area contributed by atoms with Gasteiger partial charge in [-0.2, -0.15) is 0 Å². The lowest BCUT2D eigenvalue weighted by molar-refractivity contribution is -0.132. The van der Waals surface area contributed by atoms with E-state index in [1.165, 1.54) is 9.80 Å². The van der Waals surface area contributed by atoms with Crippen molar-refractivity contribution in [2.24, 2.45) is 10.7 Å². The minimum Gasteiger partial charge on any atom is -0.465 e. The maximum Gasteiger partial charge on any atom is 0.413 e. The van der Waals surface area contributed by atoms with Crippen molar-refractivity contribution in [1.82, 2.24) is 14.7 Å². The van der Waals surface area contributed by atoms with Gasteiger partial charge in [-0.3, -0.25) is 19.3 Å². The van der Waals surface area contributed by atoms with Gasteiger partial charge in [0.05, 0.1) is 12.2 Å². The van der Waals surface area contributed by atoms with Crippen molar-refractivity contribution in [3.8, 4) is 11.1 Å². The number of likely N-dealkylation sites (tertiary alicyclic amines) is 1. The van der Waals surface area contributed by atoms with Crippen LogP contribution in [0.4, 0.5) is 10.5 Å². The van der Waals surface area contributed by atoms with Gasteiger partial charge in [0.25, 0.3) is 11.8 Å². The molecule has 0 radical (unpaired) electrons. The summed E-state index contributed by atoms with van der Waals surface area (Å²) in [5.41, 5.74) is 8.39. The molecule has 0 saturated carbocycles. The van der Waals surface area contributed by atoms with Crippen molar-refractivity contribution in [2.45, 2.75) is 58.9 Å². The summed E-state index contributed by atoms with van der Waals surface area (Å²) >= 11 is 0. The number of amides is 4. The largest absolute Gasteiger partial charge is 0.465 e. The fourth-order valence-electron chi connectivity index (χ4n) is 5.40. The van der Waals surface area contributed by atoms with Gasteiger partial charge >= 0.3 is 6.09 Å².